The molecule has 0 saturated carbocycles. The van der Waals surface area contributed by atoms with Gasteiger partial charge in [-0.25, -0.2) is 13.4 Å². The maximum absolute atomic E-state index is 13.2. The lowest BCUT2D eigenvalue weighted by Gasteiger charge is -2.31. The topological polar surface area (TPSA) is 63.2 Å². The van der Waals surface area contributed by atoms with Crippen LogP contribution in [-0.4, -0.2) is 35.8 Å². The second-order valence-electron chi connectivity index (χ2n) is 8.34. The summed E-state index contributed by atoms with van der Waals surface area (Å²) >= 11 is 1.55. The first-order chi connectivity index (χ1) is 16.1. The molecule has 0 radical (unpaired) electrons. The predicted molar refractivity (Wildman–Crippen MR) is 132 cm³/mol. The Kier molecular flexibility index (Phi) is 6.35. The van der Waals surface area contributed by atoms with Gasteiger partial charge < -0.3 is 0 Å². The smallest absolute Gasteiger partial charge is 0.243 e. The van der Waals surface area contributed by atoms with Gasteiger partial charge in [0.15, 0.2) is 0 Å². The number of sulfonamides is 1. The van der Waals surface area contributed by atoms with Gasteiger partial charge in [-0.2, -0.15) is 4.31 Å². The van der Waals surface area contributed by atoms with Crippen LogP contribution in [0.4, 0.5) is 0 Å². The van der Waals surface area contributed by atoms with E-state index in [4.69, 9.17) is 4.98 Å². The Hall–Kier alpha value is -2.87. The molecule has 0 spiro atoms. The van der Waals surface area contributed by atoms with Crippen molar-refractivity contribution in [2.75, 3.05) is 13.1 Å². The molecule has 168 valence electrons. The summed E-state index contributed by atoms with van der Waals surface area (Å²) in [7, 11) is -3.49. The van der Waals surface area contributed by atoms with Crippen LogP contribution in [0.1, 0.15) is 18.4 Å². The molecule has 0 amide bonds. The average Bonchev–Trinajstić information content (AvgIpc) is 3.36. The fraction of sp³-hybridized carbons (Fsp3) is 0.231. The summed E-state index contributed by atoms with van der Waals surface area (Å²) in [6, 6.07) is 21.4. The Labute approximate surface area is 198 Å². The van der Waals surface area contributed by atoms with Crippen molar-refractivity contribution < 1.29 is 8.42 Å². The van der Waals surface area contributed by atoms with Crippen LogP contribution in [0.15, 0.2) is 89.4 Å². The largest absolute Gasteiger partial charge is 0.264 e. The van der Waals surface area contributed by atoms with Crippen molar-refractivity contribution in [3.05, 3.63) is 90.1 Å². The predicted octanol–water partition coefficient (Wildman–Crippen LogP) is 5.52. The highest BCUT2D eigenvalue weighted by Crippen LogP contribution is 2.30. The lowest BCUT2D eigenvalue weighted by Crippen LogP contribution is -2.38. The molecule has 4 aromatic rings. The zero-order valence-electron chi connectivity index (χ0n) is 18.2. The van der Waals surface area contributed by atoms with Gasteiger partial charge in [-0.05, 0) is 55.0 Å². The van der Waals surface area contributed by atoms with E-state index in [0.29, 0.717) is 23.9 Å². The van der Waals surface area contributed by atoms with E-state index in [1.807, 2.05) is 35.7 Å². The Bertz CT molecular complexity index is 1300. The maximum Gasteiger partial charge on any atom is 0.243 e. The minimum Gasteiger partial charge on any atom is -0.264 e. The van der Waals surface area contributed by atoms with Crippen molar-refractivity contribution >= 4 is 21.4 Å². The number of benzene rings is 2. The van der Waals surface area contributed by atoms with Crippen molar-refractivity contribution in [2.45, 2.75) is 24.2 Å². The van der Waals surface area contributed by atoms with E-state index in [0.717, 1.165) is 41.1 Å². The van der Waals surface area contributed by atoms with Crippen molar-refractivity contribution in [2.24, 2.45) is 5.92 Å². The molecule has 0 bridgehead atoms. The van der Waals surface area contributed by atoms with Gasteiger partial charge >= 0.3 is 0 Å². The van der Waals surface area contributed by atoms with Crippen LogP contribution in [0, 0.1) is 5.92 Å². The highest BCUT2D eigenvalue weighted by atomic mass is 32.2. The van der Waals surface area contributed by atoms with Gasteiger partial charge in [0.25, 0.3) is 0 Å². The summed E-state index contributed by atoms with van der Waals surface area (Å²) in [5.74, 6) is 0.528. The van der Waals surface area contributed by atoms with Gasteiger partial charge in [0.2, 0.25) is 10.0 Å². The minimum atomic E-state index is -3.49. The first kappa shape index (κ1) is 21.9. The van der Waals surface area contributed by atoms with Crippen molar-refractivity contribution in [1.29, 1.82) is 0 Å². The van der Waals surface area contributed by atoms with Gasteiger partial charge in [-0.1, -0.05) is 42.5 Å². The number of rotatable bonds is 6. The standard InChI is InChI=1S/C26H25N3O2S2/c30-33(31,29-15-12-21(13-16-29)17-20-5-2-1-3-6-20)24-10-8-22(9-11-24)25-19-32-26(28-25)23-7-4-14-27-18-23/h1-11,14,18-19,21H,12-13,15-17H2. The summed E-state index contributed by atoms with van der Waals surface area (Å²) in [6.45, 7) is 1.14. The molecule has 33 heavy (non-hydrogen) atoms. The van der Waals surface area contributed by atoms with E-state index >= 15 is 0 Å². The van der Waals surface area contributed by atoms with Crippen LogP contribution in [0.25, 0.3) is 21.8 Å². The number of hydrogen-bond donors (Lipinski definition) is 0. The average molecular weight is 476 g/mol. The van der Waals surface area contributed by atoms with Gasteiger partial charge in [0.05, 0.1) is 10.6 Å². The molecule has 2 aromatic heterocycles. The second kappa shape index (κ2) is 9.55. The molecular formula is C26H25N3O2S2. The molecule has 0 atom stereocenters. The van der Waals surface area contributed by atoms with Crippen LogP contribution in [0.5, 0.6) is 0 Å². The Morgan fingerprint density at radius 3 is 2.36 bits per heavy atom. The summed E-state index contributed by atoms with van der Waals surface area (Å²) in [5, 5.41) is 2.89. The molecule has 1 fully saturated rings. The number of pyridine rings is 1. The zero-order chi connectivity index (χ0) is 22.7. The minimum absolute atomic E-state index is 0.343. The zero-order valence-corrected chi connectivity index (χ0v) is 19.8. The van der Waals surface area contributed by atoms with E-state index in [1.165, 1.54) is 5.56 Å². The summed E-state index contributed by atoms with van der Waals surface area (Å²) in [5.41, 5.74) is 4.04. The van der Waals surface area contributed by atoms with Crippen LogP contribution in [0.2, 0.25) is 0 Å². The molecule has 1 saturated heterocycles. The lowest BCUT2D eigenvalue weighted by atomic mass is 9.91. The highest BCUT2D eigenvalue weighted by Gasteiger charge is 2.29. The second-order valence-corrected chi connectivity index (χ2v) is 11.1. The molecule has 5 rings (SSSR count). The third-order valence-corrected chi connectivity index (χ3v) is 8.95. The molecule has 0 N–H and O–H groups in total. The number of nitrogens with zero attached hydrogens (tertiary/aromatic N) is 3. The maximum atomic E-state index is 13.2. The molecule has 5 nitrogen and oxygen atoms in total. The van der Waals surface area contributed by atoms with E-state index in [9.17, 15) is 8.42 Å². The normalized spacial score (nSPS) is 15.5. The molecule has 0 aliphatic carbocycles. The molecule has 0 unspecified atom stereocenters. The van der Waals surface area contributed by atoms with Gasteiger partial charge in [-0.15, -0.1) is 11.3 Å². The quantitative estimate of drug-likeness (QED) is 0.369. The fourth-order valence-electron chi connectivity index (χ4n) is 4.28. The van der Waals surface area contributed by atoms with Crippen molar-refractivity contribution in [3.8, 4) is 21.8 Å². The van der Waals surface area contributed by atoms with E-state index in [2.05, 4.69) is 29.2 Å². The summed E-state index contributed by atoms with van der Waals surface area (Å²) in [4.78, 5) is 9.18. The molecule has 7 heteroatoms. The molecular weight excluding hydrogens is 450 g/mol. The Balaban J connectivity index is 1.25. The monoisotopic (exact) mass is 475 g/mol. The SMILES string of the molecule is O=S(=O)(c1ccc(-c2csc(-c3cccnc3)n2)cc1)N1CCC(Cc2ccccc2)CC1. The fourth-order valence-corrected chi connectivity index (χ4v) is 6.57. The van der Waals surface area contributed by atoms with Crippen molar-refractivity contribution in [1.82, 2.24) is 14.3 Å². The van der Waals surface area contributed by atoms with Crippen LogP contribution in [-0.2, 0) is 16.4 Å². The molecule has 1 aliphatic heterocycles. The molecule has 1 aliphatic rings. The molecule has 3 heterocycles. The van der Waals surface area contributed by atoms with Crippen LogP contribution >= 0.6 is 11.3 Å². The van der Waals surface area contributed by atoms with Crippen molar-refractivity contribution in [3.63, 3.8) is 0 Å². The summed E-state index contributed by atoms with van der Waals surface area (Å²) < 4.78 is 28.0. The van der Waals surface area contributed by atoms with Gasteiger partial charge in [0, 0.05) is 42.0 Å². The third kappa shape index (κ3) is 4.90. The van der Waals surface area contributed by atoms with Crippen LogP contribution in [0.3, 0.4) is 0 Å². The first-order valence-electron chi connectivity index (χ1n) is 11.1. The Morgan fingerprint density at radius 2 is 1.67 bits per heavy atom. The van der Waals surface area contributed by atoms with E-state index in [1.54, 1.807) is 40.2 Å². The van der Waals surface area contributed by atoms with Gasteiger partial charge in [-0.3, -0.25) is 4.98 Å². The highest BCUT2D eigenvalue weighted by molar-refractivity contribution is 7.89. The number of aromatic nitrogens is 2. The molecule has 2 aromatic carbocycles. The summed E-state index contributed by atoms with van der Waals surface area (Å²) in [6.07, 6.45) is 6.33. The third-order valence-electron chi connectivity index (χ3n) is 6.14. The number of thiazole rings is 1. The first-order valence-corrected chi connectivity index (χ1v) is 13.4. The number of piperidine rings is 1. The lowest BCUT2D eigenvalue weighted by molar-refractivity contribution is 0.273. The number of hydrogen-bond acceptors (Lipinski definition) is 5. The van der Waals surface area contributed by atoms with Gasteiger partial charge in [0.1, 0.15) is 5.01 Å². The van der Waals surface area contributed by atoms with E-state index < -0.39 is 10.0 Å². The van der Waals surface area contributed by atoms with E-state index in [-0.39, 0.29) is 0 Å². The van der Waals surface area contributed by atoms with Crippen LogP contribution < -0.4 is 0 Å². The Morgan fingerprint density at radius 1 is 0.909 bits per heavy atom.